The summed E-state index contributed by atoms with van der Waals surface area (Å²) in [6.45, 7) is 7.00. The lowest BCUT2D eigenvalue weighted by Gasteiger charge is -2.18. The van der Waals surface area contributed by atoms with Gasteiger partial charge in [-0.15, -0.1) is 0 Å². The molecule has 3 nitrogen and oxygen atoms in total. The first-order valence-corrected chi connectivity index (χ1v) is 5.77. The van der Waals surface area contributed by atoms with Gasteiger partial charge in [0.25, 0.3) is 0 Å². The highest BCUT2D eigenvalue weighted by atomic mass is 35.5. The molecule has 0 unspecified atom stereocenters. The van der Waals surface area contributed by atoms with Crippen LogP contribution in [0.4, 0.5) is 0 Å². The number of halogens is 1. The Morgan fingerprint density at radius 3 is 2.44 bits per heavy atom. The predicted octanol–water partition coefficient (Wildman–Crippen LogP) is 2.90. The number of ether oxygens (including phenoxy) is 1. The molecule has 0 spiro atoms. The van der Waals surface area contributed by atoms with Gasteiger partial charge in [-0.2, -0.15) is 0 Å². The van der Waals surface area contributed by atoms with E-state index in [0.717, 1.165) is 25.2 Å². The third-order valence-corrected chi connectivity index (χ3v) is 2.90. The molecule has 0 aliphatic rings. The highest BCUT2D eigenvalue weighted by molar-refractivity contribution is 6.32. The van der Waals surface area contributed by atoms with Gasteiger partial charge in [0.2, 0.25) is 0 Å². The molecule has 0 aliphatic heterocycles. The molecule has 0 aromatic heterocycles. The van der Waals surface area contributed by atoms with Crippen LogP contribution < -0.4 is 4.74 Å². The van der Waals surface area contributed by atoms with Crippen LogP contribution in [-0.4, -0.2) is 30.2 Å². The van der Waals surface area contributed by atoms with Gasteiger partial charge in [-0.25, -0.2) is 0 Å². The predicted molar refractivity (Wildman–Crippen MR) is 66.3 cm³/mol. The van der Waals surface area contributed by atoms with E-state index in [1.807, 2.05) is 6.07 Å². The zero-order chi connectivity index (χ0) is 12.1. The molecular formula is C12H18ClNO2. The van der Waals surface area contributed by atoms with Crippen LogP contribution in [0.5, 0.6) is 11.5 Å². The fourth-order valence-corrected chi connectivity index (χ4v) is 1.81. The van der Waals surface area contributed by atoms with Crippen LogP contribution in [0.25, 0.3) is 0 Å². The fourth-order valence-electron chi connectivity index (χ4n) is 1.58. The molecule has 90 valence electrons. The minimum Gasteiger partial charge on any atom is -0.503 e. The molecule has 0 heterocycles. The summed E-state index contributed by atoms with van der Waals surface area (Å²) in [5, 5.41) is 9.93. The van der Waals surface area contributed by atoms with Crippen LogP contribution in [0.15, 0.2) is 12.1 Å². The van der Waals surface area contributed by atoms with Crippen molar-refractivity contribution in [3.8, 4) is 11.5 Å². The van der Waals surface area contributed by atoms with E-state index in [-0.39, 0.29) is 5.75 Å². The zero-order valence-electron chi connectivity index (χ0n) is 9.96. The Morgan fingerprint density at radius 1 is 1.31 bits per heavy atom. The van der Waals surface area contributed by atoms with Gasteiger partial charge in [0.05, 0.1) is 12.1 Å². The molecule has 0 fully saturated rings. The van der Waals surface area contributed by atoms with Crippen LogP contribution in [0.2, 0.25) is 5.02 Å². The van der Waals surface area contributed by atoms with E-state index < -0.39 is 0 Å². The van der Waals surface area contributed by atoms with E-state index in [1.54, 1.807) is 6.07 Å². The van der Waals surface area contributed by atoms with E-state index in [9.17, 15) is 5.11 Å². The van der Waals surface area contributed by atoms with Crippen molar-refractivity contribution < 1.29 is 9.84 Å². The summed E-state index contributed by atoms with van der Waals surface area (Å²) in [4.78, 5) is 2.27. The lowest BCUT2D eigenvalue weighted by Crippen LogP contribution is -2.22. The van der Waals surface area contributed by atoms with Crippen molar-refractivity contribution in [3.05, 3.63) is 22.7 Å². The summed E-state index contributed by atoms with van der Waals surface area (Å²) in [6.07, 6.45) is 0. The molecule has 1 N–H and O–H groups in total. The second-order valence-corrected chi connectivity index (χ2v) is 4.00. The van der Waals surface area contributed by atoms with Crippen molar-refractivity contribution in [1.29, 1.82) is 0 Å². The van der Waals surface area contributed by atoms with Crippen molar-refractivity contribution in [1.82, 2.24) is 4.90 Å². The number of aromatic hydroxyl groups is 1. The average molecular weight is 244 g/mol. The quantitative estimate of drug-likeness (QED) is 0.863. The molecule has 0 bridgehead atoms. The van der Waals surface area contributed by atoms with E-state index in [4.69, 9.17) is 16.3 Å². The van der Waals surface area contributed by atoms with Crippen molar-refractivity contribution in [2.24, 2.45) is 0 Å². The molecule has 4 heteroatoms. The van der Waals surface area contributed by atoms with E-state index in [2.05, 4.69) is 18.7 Å². The minimum atomic E-state index is 0.00691. The smallest absolute Gasteiger partial charge is 0.176 e. The molecule has 1 rings (SSSR count). The van der Waals surface area contributed by atoms with Gasteiger partial charge in [0.15, 0.2) is 11.5 Å². The van der Waals surface area contributed by atoms with Crippen LogP contribution in [0, 0.1) is 0 Å². The lowest BCUT2D eigenvalue weighted by molar-refractivity contribution is 0.294. The molecule has 1 aromatic carbocycles. The Bertz CT molecular complexity index is 351. The van der Waals surface area contributed by atoms with Crippen LogP contribution in [0.1, 0.15) is 19.4 Å². The SMILES string of the molecule is CCN(CC)Cc1cc(Cl)c(O)c(OC)c1. The van der Waals surface area contributed by atoms with E-state index in [0.29, 0.717) is 10.8 Å². The molecule has 0 saturated carbocycles. The van der Waals surface area contributed by atoms with Crippen molar-refractivity contribution in [2.45, 2.75) is 20.4 Å². The van der Waals surface area contributed by atoms with Crippen molar-refractivity contribution in [3.63, 3.8) is 0 Å². The molecule has 1 aromatic rings. The van der Waals surface area contributed by atoms with Gasteiger partial charge in [-0.3, -0.25) is 4.90 Å². The van der Waals surface area contributed by atoms with Gasteiger partial charge in [-0.05, 0) is 30.8 Å². The highest BCUT2D eigenvalue weighted by Gasteiger charge is 2.10. The summed E-state index contributed by atoms with van der Waals surface area (Å²) in [6, 6.07) is 3.59. The first-order valence-electron chi connectivity index (χ1n) is 5.40. The number of phenolic OH excluding ortho intramolecular Hbond substituents is 1. The van der Waals surface area contributed by atoms with E-state index >= 15 is 0 Å². The number of hydrogen-bond donors (Lipinski definition) is 1. The highest BCUT2D eigenvalue weighted by Crippen LogP contribution is 2.35. The molecule has 0 atom stereocenters. The van der Waals surface area contributed by atoms with Gasteiger partial charge < -0.3 is 9.84 Å². The number of methoxy groups -OCH3 is 1. The summed E-state index contributed by atoms with van der Waals surface area (Å²) in [7, 11) is 1.52. The number of benzene rings is 1. The first kappa shape index (κ1) is 13.1. The minimum absolute atomic E-state index is 0.00691. The summed E-state index contributed by atoms with van der Waals surface area (Å²) in [5.74, 6) is 0.433. The van der Waals surface area contributed by atoms with Crippen molar-refractivity contribution in [2.75, 3.05) is 20.2 Å². The Kier molecular flexibility index (Phi) is 4.90. The largest absolute Gasteiger partial charge is 0.503 e. The Labute approximate surface area is 102 Å². The molecule has 16 heavy (non-hydrogen) atoms. The van der Waals surface area contributed by atoms with Gasteiger partial charge >= 0.3 is 0 Å². The molecular weight excluding hydrogens is 226 g/mol. The molecule has 0 aliphatic carbocycles. The number of rotatable bonds is 5. The standard InChI is InChI=1S/C12H18ClNO2/c1-4-14(5-2)8-9-6-10(13)12(15)11(7-9)16-3/h6-7,15H,4-5,8H2,1-3H3. The monoisotopic (exact) mass is 243 g/mol. The van der Waals surface area contributed by atoms with Gasteiger partial charge in [-0.1, -0.05) is 25.4 Å². The third-order valence-electron chi connectivity index (χ3n) is 2.61. The summed E-state index contributed by atoms with van der Waals surface area (Å²) in [5.41, 5.74) is 1.04. The topological polar surface area (TPSA) is 32.7 Å². The van der Waals surface area contributed by atoms with Gasteiger partial charge in [0, 0.05) is 6.54 Å². The second kappa shape index (κ2) is 5.97. The normalized spacial score (nSPS) is 10.8. The Balaban J connectivity index is 2.93. The maximum atomic E-state index is 9.60. The average Bonchev–Trinajstić information content (AvgIpc) is 2.30. The van der Waals surface area contributed by atoms with Crippen LogP contribution in [-0.2, 0) is 6.54 Å². The molecule has 0 amide bonds. The number of nitrogens with zero attached hydrogens (tertiary/aromatic N) is 1. The lowest BCUT2D eigenvalue weighted by atomic mass is 10.2. The third kappa shape index (κ3) is 3.03. The maximum absolute atomic E-state index is 9.60. The fraction of sp³-hybridized carbons (Fsp3) is 0.500. The number of phenols is 1. The van der Waals surface area contributed by atoms with Crippen molar-refractivity contribution >= 4 is 11.6 Å². The summed E-state index contributed by atoms with van der Waals surface area (Å²) >= 11 is 5.92. The molecule has 0 radical (unpaired) electrons. The maximum Gasteiger partial charge on any atom is 0.176 e. The zero-order valence-corrected chi connectivity index (χ0v) is 10.7. The van der Waals surface area contributed by atoms with Crippen LogP contribution >= 0.6 is 11.6 Å². The second-order valence-electron chi connectivity index (χ2n) is 3.59. The Hall–Kier alpha value is -0.930. The number of hydrogen-bond acceptors (Lipinski definition) is 3. The molecule has 0 saturated heterocycles. The van der Waals surface area contributed by atoms with Crippen LogP contribution in [0.3, 0.4) is 0 Å². The summed E-state index contributed by atoms with van der Waals surface area (Å²) < 4.78 is 5.06. The Morgan fingerprint density at radius 2 is 1.94 bits per heavy atom. The first-order chi connectivity index (χ1) is 7.62. The van der Waals surface area contributed by atoms with Gasteiger partial charge in [0.1, 0.15) is 0 Å². The van der Waals surface area contributed by atoms with E-state index in [1.165, 1.54) is 7.11 Å².